The number of rotatable bonds is 2. The molecule has 0 saturated heterocycles. The van der Waals surface area contributed by atoms with Crippen LogP contribution in [-0.2, 0) is 22.6 Å². The first-order valence-electron chi connectivity index (χ1n) is 4.87. The lowest BCUT2D eigenvalue weighted by Crippen LogP contribution is -2.02. The van der Waals surface area contributed by atoms with Crippen molar-refractivity contribution in [3.8, 4) is 0 Å². The smallest absolute Gasteiger partial charge is 0.338 e. The number of aryl methyl sites for hydroxylation is 1. The Bertz CT molecular complexity index is 446. The highest BCUT2D eigenvalue weighted by Gasteiger charge is 2.22. The molecule has 3 heteroatoms. The van der Waals surface area contributed by atoms with Crippen LogP contribution in [0, 0.1) is 6.92 Å². The van der Waals surface area contributed by atoms with Gasteiger partial charge in [0.25, 0.3) is 0 Å². The predicted molar refractivity (Wildman–Crippen MR) is 54.7 cm³/mol. The minimum absolute atomic E-state index is 0.101. The average Bonchev–Trinajstić information content (AvgIpc) is 2.48. The van der Waals surface area contributed by atoms with Gasteiger partial charge >= 0.3 is 5.97 Å². The molecule has 3 nitrogen and oxygen atoms in total. The molecule has 0 aromatic heterocycles. The molecule has 2 rings (SSSR count). The van der Waals surface area contributed by atoms with Gasteiger partial charge in [0, 0.05) is 12.0 Å². The Kier molecular flexibility index (Phi) is 2.31. The zero-order valence-corrected chi connectivity index (χ0v) is 8.79. The van der Waals surface area contributed by atoms with Crippen LogP contribution in [-0.4, -0.2) is 11.8 Å². The Hall–Kier alpha value is -1.64. The number of esters is 1. The third-order valence-electron chi connectivity index (χ3n) is 2.58. The van der Waals surface area contributed by atoms with Crippen LogP contribution in [0.25, 0.3) is 0 Å². The van der Waals surface area contributed by atoms with E-state index in [0.717, 1.165) is 16.7 Å². The van der Waals surface area contributed by atoms with Crippen molar-refractivity contribution in [2.45, 2.75) is 26.9 Å². The Balaban J connectivity index is 2.45. The van der Waals surface area contributed by atoms with Crippen LogP contribution in [0.5, 0.6) is 0 Å². The molecule has 0 atom stereocenters. The van der Waals surface area contributed by atoms with Crippen LogP contribution in [0.2, 0.25) is 0 Å². The maximum absolute atomic E-state index is 11.3. The SMILES string of the molecule is CC(=O)Cc1cc2c(cc1C)COC2=O. The number of carbonyl (C=O) groups excluding carboxylic acids is 2. The van der Waals surface area contributed by atoms with E-state index in [2.05, 4.69) is 0 Å². The summed E-state index contributed by atoms with van der Waals surface area (Å²) in [6.07, 6.45) is 0.381. The lowest BCUT2D eigenvalue weighted by molar-refractivity contribution is -0.116. The number of cyclic esters (lactones) is 1. The largest absolute Gasteiger partial charge is 0.457 e. The summed E-state index contributed by atoms with van der Waals surface area (Å²) >= 11 is 0. The molecular weight excluding hydrogens is 192 g/mol. The van der Waals surface area contributed by atoms with E-state index in [0.29, 0.717) is 18.6 Å². The number of hydrogen-bond acceptors (Lipinski definition) is 3. The predicted octanol–water partition coefficient (Wildman–Crippen LogP) is 1.80. The molecular formula is C12H12O3. The molecule has 1 aromatic rings. The van der Waals surface area contributed by atoms with Crippen LogP contribution in [0.1, 0.15) is 34.0 Å². The number of ketones is 1. The molecule has 0 saturated carbocycles. The fourth-order valence-electron chi connectivity index (χ4n) is 1.80. The van der Waals surface area contributed by atoms with Crippen LogP contribution in [0.15, 0.2) is 12.1 Å². The maximum Gasteiger partial charge on any atom is 0.338 e. The van der Waals surface area contributed by atoms with E-state index in [1.54, 1.807) is 13.0 Å². The van der Waals surface area contributed by atoms with Crippen molar-refractivity contribution in [3.05, 3.63) is 34.4 Å². The van der Waals surface area contributed by atoms with E-state index in [9.17, 15) is 9.59 Å². The standard InChI is InChI=1S/C12H12O3/c1-7-3-10-6-15-12(14)11(10)5-9(7)4-8(2)13/h3,5H,4,6H2,1-2H3. The summed E-state index contributed by atoms with van der Waals surface area (Å²) in [5, 5.41) is 0. The number of hydrogen-bond donors (Lipinski definition) is 0. The van der Waals surface area contributed by atoms with Gasteiger partial charge in [-0.05, 0) is 31.0 Å². The first-order chi connectivity index (χ1) is 7.08. The van der Waals surface area contributed by atoms with E-state index in [4.69, 9.17) is 4.74 Å². The third kappa shape index (κ3) is 1.77. The molecule has 1 heterocycles. The number of Topliss-reactive ketones (excluding diaryl/α,β-unsaturated/α-hetero) is 1. The fourth-order valence-corrected chi connectivity index (χ4v) is 1.80. The van der Waals surface area contributed by atoms with Gasteiger partial charge in [0.05, 0.1) is 5.56 Å². The summed E-state index contributed by atoms with van der Waals surface area (Å²) in [6.45, 7) is 3.85. The molecule has 0 bridgehead atoms. The zero-order chi connectivity index (χ0) is 11.0. The number of fused-ring (bicyclic) bond motifs is 1. The third-order valence-corrected chi connectivity index (χ3v) is 2.58. The molecule has 0 unspecified atom stereocenters. The van der Waals surface area contributed by atoms with Gasteiger partial charge in [-0.15, -0.1) is 0 Å². The molecule has 0 N–H and O–H groups in total. The van der Waals surface area contributed by atoms with E-state index < -0.39 is 0 Å². The Morgan fingerprint density at radius 2 is 2.20 bits per heavy atom. The van der Waals surface area contributed by atoms with Gasteiger partial charge in [0.1, 0.15) is 12.4 Å². The van der Waals surface area contributed by atoms with E-state index in [1.807, 2.05) is 13.0 Å². The van der Waals surface area contributed by atoms with Crippen molar-refractivity contribution in [1.82, 2.24) is 0 Å². The normalized spacial score (nSPS) is 13.6. The summed E-state index contributed by atoms with van der Waals surface area (Å²) < 4.78 is 4.91. The lowest BCUT2D eigenvalue weighted by Gasteiger charge is -2.05. The summed E-state index contributed by atoms with van der Waals surface area (Å²) in [6, 6.07) is 3.71. The van der Waals surface area contributed by atoms with Gasteiger partial charge in [-0.1, -0.05) is 6.07 Å². The average molecular weight is 204 g/mol. The Morgan fingerprint density at radius 1 is 1.47 bits per heavy atom. The fraction of sp³-hybridized carbons (Fsp3) is 0.333. The van der Waals surface area contributed by atoms with Crippen molar-refractivity contribution in [2.75, 3.05) is 0 Å². The van der Waals surface area contributed by atoms with Crippen molar-refractivity contribution in [1.29, 1.82) is 0 Å². The number of carbonyl (C=O) groups is 2. The summed E-state index contributed by atoms with van der Waals surface area (Å²) in [5.74, 6) is -0.181. The van der Waals surface area contributed by atoms with Gasteiger partial charge in [-0.25, -0.2) is 4.79 Å². The van der Waals surface area contributed by atoms with Gasteiger partial charge in [-0.3, -0.25) is 4.79 Å². The Morgan fingerprint density at radius 3 is 2.87 bits per heavy atom. The lowest BCUT2D eigenvalue weighted by atomic mass is 9.97. The minimum Gasteiger partial charge on any atom is -0.457 e. The van der Waals surface area contributed by atoms with E-state index in [-0.39, 0.29) is 11.8 Å². The molecule has 0 radical (unpaired) electrons. The Labute approximate surface area is 88.1 Å². The minimum atomic E-state index is -0.283. The maximum atomic E-state index is 11.3. The van der Waals surface area contributed by atoms with Gasteiger partial charge in [-0.2, -0.15) is 0 Å². The van der Waals surface area contributed by atoms with Crippen LogP contribution < -0.4 is 0 Å². The molecule has 0 fully saturated rings. The van der Waals surface area contributed by atoms with Crippen molar-refractivity contribution in [3.63, 3.8) is 0 Å². The van der Waals surface area contributed by atoms with Crippen LogP contribution in [0.3, 0.4) is 0 Å². The van der Waals surface area contributed by atoms with Crippen molar-refractivity contribution >= 4 is 11.8 Å². The number of ether oxygens (including phenoxy) is 1. The monoisotopic (exact) mass is 204 g/mol. The van der Waals surface area contributed by atoms with Gasteiger partial charge in [0.2, 0.25) is 0 Å². The van der Waals surface area contributed by atoms with Crippen molar-refractivity contribution < 1.29 is 14.3 Å². The van der Waals surface area contributed by atoms with Gasteiger partial charge < -0.3 is 4.74 Å². The molecule has 0 amide bonds. The summed E-state index contributed by atoms with van der Waals surface area (Å²) in [4.78, 5) is 22.3. The zero-order valence-electron chi connectivity index (χ0n) is 8.79. The van der Waals surface area contributed by atoms with Crippen LogP contribution in [0.4, 0.5) is 0 Å². The second kappa shape index (κ2) is 3.50. The summed E-state index contributed by atoms with van der Waals surface area (Å²) in [7, 11) is 0. The quantitative estimate of drug-likeness (QED) is 0.690. The van der Waals surface area contributed by atoms with Crippen molar-refractivity contribution in [2.24, 2.45) is 0 Å². The second-order valence-corrected chi connectivity index (χ2v) is 3.89. The summed E-state index contributed by atoms with van der Waals surface area (Å²) in [5.41, 5.74) is 3.49. The van der Waals surface area contributed by atoms with E-state index in [1.165, 1.54) is 0 Å². The first kappa shape index (κ1) is 9.90. The highest BCUT2D eigenvalue weighted by Crippen LogP contribution is 2.24. The van der Waals surface area contributed by atoms with E-state index >= 15 is 0 Å². The molecule has 15 heavy (non-hydrogen) atoms. The molecule has 0 spiro atoms. The number of benzene rings is 1. The first-order valence-corrected chi connectivity index (χ1v) is 4.87. The highest BCUT2D eigenvalue weighted by atomic mass is 16.5. The molecule has 1 aromatic carbocycles. The van der Waals surface area contributed by atoms with Gasteiger partial charge in [0.15, 0.2) is 0 Å². The topological polar surface area (TPSA) is 43.4 Å². The van der Waals surface area contributed by atoms with Crippen LogP contribution >= 0.6 is 0 Å². The molecule has 0 aliphatic carbocycles. The highest BCUT2D eigenvalue weighted by molar-refractivity contribution is 5.94. The molecule has 1 aliphatic heterocycles. The molecule has 1 aliphatic rings. The molecule has 78 valence electrons. The second-order valence-electron chi connectivity index (χ2n) is 3.89.